The normalized spacial score (nSPS) is 12.9. The standard InChI is InChI=1S/C14H24N2/c1-11(2)9-13(15)10-16(4)14-8-6-5-7-12(14)3/h5-8,11,13H,9-10,15H2,1-4H3. The minimum absolute atomic E-state index is 0.254. The van der Waals surface area contributed by atoms with Gasteiger partial charge in [0.15, 0.2) is 0 Å². The van der Waals surface area contributed by atoms with Gasteiger partial charge in [-0.05, 0) is 30.9 Å². The molecular formula is C14H24N2. The van der Waals surface area contributed by atoms with E-state index in [1.807, 2.05) is 0 Å². The maximum Gasteiger partial charge on any atom is 0.0393 e. The fraction of sp³-hybridized carbons (Fsp3) is 0.571. The van der Waals surface area contributed by atoms with Crippen LogP contribution in [0.2, 0.25) is 0 Å². The molecule has 0 spiro atoms. The highest BCUT2D eigenvalue weighted by atomic mass is 15.1. The SMILES string of the molecule is Cc1ccccc1N(C)CC(N)CC(C)C. The minimum atomic E-state index is 0.254. The van der Waals surface area contributed by atoms with E-state index in [9.17, 15) is 0 Å². The second-order valence-electron chi connectivity index (χ2n) is 5.06. The zero-order valence-electron chi connectivity index (χ0n) is 10.9. The summed E-state index contributed by atoms with van der Waals surface area (Å²) in [5.41, 5.74) is 8.71. The van der Waals surface area contributed by atoms with Crippen molar-refractivity contribution in [1.29, 1.82) is 0 Å². The maximum absolute atomic E-state index is 6.12. The van der Waals surface area contributed by atoms with Gasteiger partial charge in [-0.15, -0.1) is 0 Å². The summed E-state index contributed by atoms with van der Waals surface area (Å²) in [6.45, 7) is 7.49. The van der Waals surface area contributed by atoms with E-state index in [-0.39, 0.29) is 6.04 Å². The minimum Gasteiger partial charge on any atom is -0.373 e. The first-order chi connectivity index (χ1) is 7.50. The average Bonchev–Trinajstić information content (AvgIpc) is 2.16. The van der Waals surface area contributed by atoms with Crippen LogP contribution < -0.4 is 10.6 Å². The van der Waals surface area contributed by atoms with E-state index in [0.717, 1.165) is 13.0 Å². The lowest BCUT2D eigenvalue weighted by atomic mass is 10.0. The van der Waals surface area contributed by atoms with Crippen molar-refractivity contribution in [3.63, 3.8) is 0 Å². The Morgan fingerprint density at radius 3 is 2.44 bits per heavy atom. The number of rotatable bonds is 5. The van der Waals surface area contributed by atoms with Crippen molar-refractivity contribution < 1.29 is 0 Å². The summed E-state index contributed by atoms with van der Waals surface area (Å²) in [6.07, 6.45) is 1.08. The first-order valence-corrected chi connectivity index (χ1v) is 6.03. The number of para-hydroxylation sites is 1. The first kappa shape index (κ1) is 13.0. The zero-order chi connectivity index (χ0) is 12.1. The smallest absolute Gasteiger partial charge is 0.0393 e. The van der Waals surface area contributed by atoms with E-state index in [4.69, 9.17) is 5.73 Å². The number of nitrogens with two attached hydrogens (primary N) is 1. The molecule has 2 N–H and O–H groups in total. The van der Waals surface area contributed by atoms with Crippen LogP contribution in [-0.4, -0.2) is 19.6 Å². The van der Waals surface area contributed by atoms with E-state index in [0.29, 0.717) is 5.92 Å². The van der Waals surface area contributed by atoms with Crippen molar-refractivity contribution in [3.8, 4) is 0 Å². The Labute approximate surface area is 99.5 Å². The molecule has 1 unspecified atom stereocenters. The van der Waals surface area contributed by atoms with Gasteiger partial charge in [-0.3, -0.25) is 0 Å². The molecule has 90 valence electrons. The van der Waals surface area contributed by atoms with Gasteiger partial charge in [0.2, 0.25) is 0 Å². The lowest BCUT2D eigenvalue weighted by Gasteiger charge is -2.25. The van der Waals surface area contributed by atoms with Gasteiger partial charge < -0.3 is 10.6 Å². The Morgan fingerprint density at radius 1 is 1.25 bits per heavy atom. The Morgan fingerprint density at radius 2 is 1.88 bits per heavy atom. The molecule has 1 aromatic carbocycles. The average molecular weight is 220 g/mol. The molecule has 0 amide bonds. The van der Waals surface area contributed by atoms with Gasteiger partial charge >= 0.3 is 0 Å². The van der Waals surface area contributed by atoms with Crippen LogP contribution in [0.3, 0.4) is 0 Å². The molecule has 0 aromatic heterocycles. The molecule has 0 heterocycles. The molecule has 16 heavy (non-hydrogen) atoms. The van der Waals surface area contributed by atoms with Gasteiger partial charge in [0, 0.05) is 25.3 Å². The molecule has 0 bridgehead atoms. The summed E-state index contributed by atoms with van der Waals surface area (Å²) in [6, 6.07) is 8.69. The van der Waals surface area contributed by atoms with Crippen molar-refractivity contribution in [2.24, 2.45) is 11.7 Å². The highest BCUT2D eigenvalue weighted by molar-refractivity contribution is 5.52. The van der Waals surface area contributed by atoms with E-state index in [2.05, 4.69) is 57.0 Å². The topological polar surface area (TPSA) is 29.3 Å². The molecule has 1 rings (SSSR count). The molecule has 0 aliphatic heterocycles. The number of anilines is 1. The van der Waals surface area contributed by atoms with Crippen molar-refractivity contribution in [1.82, 2.24) is 0 Å². The molecule has 1 atom stereocenters. The van der Waals surface area contributed by atoms with Crippen LogP contribution in [0.15, 0.2) is 24.3 Å². The quantitative estimate of drug-likeness (QED) is 0.826. The third-order valence-electron chi connectivity index (χ3n) is 2.81. The Balaban J connectivity index is 2.58. The third kappa shape index (κ3) is 3.86. The molecular weight excluding hydrogens is 196 g/mol. The molecule has 2 nitrogen and oxygen atoms in total. The summed E-state index contributed by atoms with van der Waals surface area (Å²) < 4.78 is 0. The van der Waals surface area contributed by atoms with Gasteiger partial charge in [-0.1, -0.05) is 32.0 Å². The van der Waals surface area contributed by atoms with Crippen LogP contribution in [-0.2, 0) is 0 Å². The highest BCUT2D eigenvalue weighted by Gasteiger charge is 2.10. The van der Waals surface area contributed by atoms with E-state index in [1.165, 1.54) is 11.3 Å². The number of hydrogen-bond donors (Lipinski definition) is 1. The first-order valence-electron chi connectivity index (χ1n) is 6.03. The monoisotopic (exact) mass is 220 g/mol. The Hall–Kier alpha value is -1.02. The molecule has 0 aliphatic carbocycles. The summed E-state index contributed by atoms with van der Waals surface area (Å²) in [4.78, 5) is 2.25. The van der Waals surface area contributed by atoms with Crippen LogP contribution in [0, 0.1) is 12.8 Å². The van der Waals surface area contributed by atoms with E-state index in [1.54, 1.807) is 0 Å². The van der Waals surface area contributed by atoms with Gasteiger partial charge in [-0.2, -0.15) is 0 Å². The predicted octanol–water partition coefficient (Wildman–Crippen LogP) is 2.80. The number of aryl methyl sites for hydroxylation is 1. The van der Waals surface area contributed by atoms with Crippen molar-refractivity contribution in [2.45, 2.75) is 33.2 Å². The number of likely N-dealkylation sites (N-methyl/N-ethyl adjacent to an activating group) is 1. The molecule has 1 aromatic rings. The predicted molar refractivity (Wildman–Crippen MR) is 71.9 cm³/mol. The van der Waals surface area contributed by atoms with Crippen LogP contribution in [0.5, 0.6) is 0 Å². The number of nitrogens with zero attached hydrogens (tertiary/aromatic N) is 1. The molecule has 0 saturated heterocycles. The fourth-order valence-electron chi connectivity index (χ4n) is 2.12. The number of benzene rings is 1. The van der Waals surface area contributed by atoms with Gasteiger partial charge in [0.25, 0.3) is 0 Å². The maximum atomic E-state index is 6.12. The number of hydrogen-bond acceptors (Lipinski definition) is 2. The van der Waals surface area contributed by atoms with E-state index < -0.39 is 0 Å². The zero-order valence-corrected chi connectivity index (χ0v) is 10.9. The fourth-order valence-corrected chi connectivity index (χ4v) is 2.12. The Kier molecular flexibility index (Phi) is 4.81. The van der Waals surface area contributed by atoms with Crippen LogP contribution in [0.25, 0.3) is 0 Å². The second kappa shape index (κ2) is 5.90. The summed E-state index contributed by atoms with van der Waals surface area (Å²) in [5.74, 6) is 0.667. The molecule has 0 fully saturated rings. The van der Waals surface area contributed by atoms with Crippen LogP contribution >= 0.6 is 0 Å². The molecule has 0 aliphatic rings. The summed E-state index contributed by atoms with van der Waals surface area (Å²) in [5, 5.41) is 0. The van der Waals surface area contributed by atoms with Crippen LogP contribution in [0.1, 0.15) is 25.8 Å². The highest BCUT2D eigenvalue weighted by Crippen LogP contribution is 2.18. The van der Waals surface area contributed by atoms with E-state index >= 15 is 0 Å². The Bertz CT molecular complexity index is 320. The van der Waals surface area contributed by atoms with Gasteiger partial charge in [-0.25, -0.2) is 0 Å². The summed E-state index contributed by atoms with van der Waals surface area (Å²) >= 11 is 0. The summed E-state index contributed by atoms with van der Waals surface area (Å²) in [7, 11) is 2.11. The van der Waals surface area contributed by atoms with Gasteiger partial charge in [0.1, 0.15) is 0 Å². The lowest BCUT2D eigenvalue weighted by molar-refractivity contribution is 0.495. The third-order valence-corrected chi connectivity index (χ3v) is 2.81. The van der Waals surface area contributed by atoms with Crippen LogP contribution in [0.4, 0.5) is 5.69 Å². The van der Waals surface area contributed by atoms with Gasteiger partial charge in [0.05, 0.1) is 0 Å². The van der Waals surface area contributed by atoms with Crippen molar-refractivity contribution in [2.75, 3.05) is 18.5 Å². The molecule has 0 saturated carbocycles. The van der Waals surface area contributed by atoms with Crippen molar-refractivity contribution in [3.05, 3.63) is 29.8 Å². The lowest BCUT2D eigenvalue weighted by Crippen LogP contribution is -2.36. The molecule has 2 heteroatoms. The molecule has 0 radical (unpaired) electrons. The second-order valence-corrected chi connectivity index (χ2v) is 5.06. The van der Waals surface area contributed by atoms with Crippen molar-refractivity contribution >= 4 is 5.69 Å². The largest absolute Gasteiger partial charge is 0.373 e.